The van der Waals surface area contributed by atoms with Gasteiger partial charge in [0, 0.05) is 18.4 Å². The predicted molar refractivity (Wildman–Crippen MR) is 70.8 cm³/mol. The number of hydrogen-bond donors (Lipinski definition) is 2. The number of nitrogens with one attached hydrogen (secondary N) is 2. The van der Waals surface area contributed by atoms with E-state index in [9.17, 15) is 4.79 Å². The number of anilines is 2. The van der Waals surface area contributed by atoms with Crippen LogP contribution in [0.15, 0.2) is 30.5 Å². The van der Waals surface area contributed by atoms with Crippen LogP contribution in [0.25, 0.3) is 0 Å². The Hall–Kier alpha value is -2.57. The van der Waals surface area contributed by atoms with Gasteiger partial charge in [-0.3, -0.25) is 10.00 Å². The molecular formula is C12H15N5O2. The highest BCUT2D eigenvalue weighted by molar-refractivity contribution is 5.84. The van der Waals surface area contributed by atoms with Gasteiger partial charge in [-0.05, 0) is 24.3 Å². The fourth-order valence-corrected chi connectivity index (χ4v) is 1.50. The van der Waals surface area contributed by atoms with Gasteiger partial charge in [0.15, 0.2) is 0 Å². The average molecular weight is 261 g/mol. The van der Waals surface area contributed by atoms with Crippen LogP contribution < -0.4 is 10.6 Å². The molecule has 0 aliphatic heterocycles. The maximum atomic E-state index is 11.0. The van der Waals surface area contributed by atoms with Crippen LogP contribution in [-0.4, -0.2) is 28.2 Å². The summed E-state index contributed by atoms with van der Waals surface area (Å²) in [6, 6.07) is 7.33. The number of amides is 1. The summed E-state index contributed by atoms with van der Waals surface area (Å²) in [6.45, 7) is 0.632. The highest BCUT2D eigenvalue weighted by Crippen LogP contribution is 2.14. The fraction of sp³-hybridized carbons (Fsp3) is 0.250. The van der Waals surface area contributed by atoms with Gasteiger partial charge in [-0.1, -0.05) is 5.21 Å². The number of rotatable bonds is 4. The Bertz CT molecular complexity index is 550. The second kappa shape index (κ2) is 5.85. The SMILES string of the molecule is COC(=O)Nc1ccc(NCc2cnnn2C)cc1. The molecule has 100 valence electrons. The van der Waals surface area contributed by atoms with Crippen molar-refractivity contribution in [3.05, 3.63) is 36.2 Å². The van der Waals surface area contributed by atoms with Crippen LogP contribution in [0.1, 0.15) is 5.69 Å². The van der Waals surface area contributed by atoms with Crippen LogP contribution in [-0.2, 0) is 18.3 Å². The van der Waals surface area contributed by atoms with E-state index in [1.54, 1.807) is 23.0 Å². The molecule has 7 heteroatoms. The summed E-state index contributed by atoms with van der Waals surface area (Å²) in [5, 5.41) is 13.5. The van der Waals surface area contributed by atoms with Crippen molar-refractivity contribution in [2.24, 2.45) is 7.05 Å². The number of carbonyl (C=O) groups is 1. The minimum atomic E-state index is -0.485. The summed E-state index contributed by atoms with van der Waals surface area (Å²) in [4.78, 5) is 11.0. The first-order valence-electron chi connectivity index (χ1n) is 5.71. The largest absolute Gasteiger partial charge is 0.453 e. The summed E-state index contributed by atoms with van der Waals surface area (Å²) in [7, 11) is 3.17. The van der Waals surface area contributed by atoms with Crippen LogP contribution >= 0.6 is 0 Å². The third-order valence-corrected chi connectivity index (χ3v) is 2.60. The van der Waals surface area contributed by atoms with Crippen molar-refractivity contribution in [1.82, 2.24) is 15.0 Å². The molecule has 0 spiro atoms. The Morgan fingerprint density at radius 3 is 2.58 bits per heavy atom. The van der Waals surface area contributed by atoms with Gasteiger partial charge in [-0.25, -0.2) is 4.79 Å². The van der Waals surface area contributed by atoms with Crippen molar-refractivity contribution < 1.29 is 9.53 Å². The zero-order chi connectivity index (χ0) is 13.7. The third-order valence-electron chi connectivity index (χ3n) is 2.60. The number of aryl methyl sites for hydroxylation is 1. The highest BCUT2D eigenvalue weighted by atomic mass is 16.5. The lowest BCUT2D eigenvalue weighted by atomic mass is 10.2. The lowest BCUT2D eigenvalue weighted by Crippen LogP contribution is -2.10. The van der Waals surface area contributed by atoms with Crippen molar-refractivity contribution in [3.63, 3.8) is 0 Å². The fourth-order valence-electron chi connectivity index (χ4n) is 1.50. The van der Waals surface area contributed by atoms with Crippen LogP contribution in [0.2, 0.25) is 0 Å². The molecule has 1 amide bonds. The maximum Gasteiger partial charge on any atom is 0.411 e. The van der Waals surface area contributed by atoms with Gasteiger partial charge >= 0.3 is 6.09 Å². The Balaban J connectivity index is 1.92. The average Bonchev–Trinajstić information content (AvgIpc) is 2.83. The van der Waals surface area contributed by atoms with E-state index in [2.05, 4.69) is 25.7 Å². The van der Waals surface area contributed by atoms with Gasteiger partial charge in [0.05, 0.1) is 25.5 Å². The summed E-state index contributed by atoms with van der Waals surface area (Å²) in [6.07, 6.45) is 1.22. The van der Waals surface area contributed by atoms with E-state index in [0.29, 0.717) is 12.2 Å². The van der Waals surface area contributed by atoms with E-state index in [0.717, 1.165) is 11.4 Å². The molecule has 0 fully saturated rings. The summed E-state index contributed by atoms with van der Waals surface area (Å²) < 4.78 is 6.22. The number of benzene rings is 1. The molecule has 1 heterocycles. The van der Waals surface area contributed by atoms with E-state index in [1.807, 2.05) is 19.2 Å². The standard InChI is InChI=1S/C12H15N5O2/c1-17-11(8-14-16-17)7-13-9-3-5-10(6-4-9)15-12(18)19-2/h3-6,8,13H,7H2,1-2H3,(H,15,18). The van der Waals surface area contributed by atoms with E-state index in [-0.39, 0.29) is 0 Å². The maximum absolute atomic E-state index is 11.0. The van der Waals surface area contributed by atoms with Crippen LogP contribution in [0.4, 0.5) is 16.2 Å². The van der Waals surface area contributed by atoms with Gasteiger partial charge in [0.25, 0.3) is 0 Å². The Kier molecular flexibility index (Phi) is 3.97. The summed E-state index contributed by atoms with van der Waals surface area (Å²) in [5.41, 5.74) is 2.60. The number of carbonyl (C=O) groups excluding carboxylic acids is 1. The van der Waals surface area contributed by atoms with Gasteiger partial charge in [0.1, 0.15) is 0 Å². The number of hydrogen-bond acceptors (Lipinski definition) is 5. The third kappa shape index (κ3) is 3.44. The van der Waals surface area contributed by atoms with E-state index in [4.69, 9.17) is 0 Å². The van der Waals surface area contributed by atoms with Gasteiger partial charge in [0.2, 0.25) is 0 Å². The normalized spacial score (nSPS) is 10.0. The smallest absolute Gasteiger partial charge is 0.411 e. The van der Waals surface area contributed by atoms with Crippen molar-refractivity contribution in [2.75, 3.05) is 17.7 Å². The summed E-state index contributed by atoms with van der Waals surface area (Å²) >= 11 is 0. The second-order valence-electron chi connectivity index (χ2n) is 3.90. The quantitative estimate of drug-likeness (QED) is 0.873. The number of methoxy groups -OCH3 is 1. The molecule has 0 saturated heterocycles. The van der Waals surface area contributed by atoms with Crippen molar-refractivity contribution in [1.29, 1.82) is 0 Å². The van der Waals surface area contributed by atoms with Crippen molar-refractivity contribution in [3.8, 4) is 0 Å². The topological polar surface area (TPSA) is 81.1 Å². The zero-order valence-electron chi connectivity index (χ0n) is 10.8. The monoisotopic (exact) mass is 261 g/mol. The number of nitrogens with zero attached hydrogens (tertiary/aromatic N) is 3. The molecule has 2 aromatic rings. The molecule has 0 radical (unpaired) electrons. The Morgan fingerprint density at radius 2 is 2.00 bits per heavy atom. The first-order chi connectivity index (χ1) is 9.19. The molecule has 19 heavy (non-hydrogen) atoms. The minimum Gasteiger partial charge on any atom is -0.453 e. The first-order valence-corrected chi connectivity index (χ1v) is 5.71. The summed E-state index contributed by atoms with van der Waals surface area (Å²) in [5.74, 6) is 0. The number of ether oxygens (including phenoxy) is 1. The van der Waals surface area contributed by atoms with Crippen LogP contribution in [0.5, 0.6) is 0 Å². The molecule has 0 atom stereocenters. The molecule has 0 saturated carbocycles. The lowest BCUT2D eigenvalue weighted by Gasteiger charge is -2.08. The van der Waals surface area contributed by atoms with Crippen LogP contribution in [0.3, 0.4) is 0 Å². The van der Waals surface area contributed by atoms with Gasteiger partial charge < -0.3 is 10.1 Å². The molecular weight excluding hydrogens is 246 g/mol. The van der Waals surface area contributed by atoms with Gasteiger partial charge in [-0.15, -0.1) is 5.10 Å². The Morgan fingerprint density at radius 1 is 1.32 bits per heavy atom. The molecule has 0 unspecified atom stereocenters. The molecule has 0 aliphatic rings. The minimum absolute atomic E-state index is 0.485. The van der Waals surface area contributed by atoms with Crippen LogP contribution in [0, 0.1) is 0 Å². The van der Waals surface area contributed by atoms with Gasteiger partial charge in [-0.2, -0.15) is 0 Å². The molecule has 2 rings (SSSR count). The second-order valence-corrected chi connectivity index (χ2v) is 3.90. The van der Waals surface area contributed by atoms with E-state index >= 15 is 0 Å². The molecule has 7 nitrogen and oxygen atoms in total. The van der Waals surface area contributed by atoms with Crippen molar-refractivity contribution >= 4 is 17.5 Å². The predicted octanol–water partition coefficient (Wildman–Crippen LogP) is 1.61. The first kappa shape index (κ1) is 12.9. The molecule has 1 aromatic heterocycles. The lowest BCUT2D eigenvalue weighted by molar-refractivity contribution is 0.187. The van der Waals surface area contributed by atoms with E-state index < -0.39 is 6.09 Å². The molecule has 1 aromatic carbocycles. The van der Waals surface area contributed by atoms with E-state index in [1.165, 1.54) is 7.11 Å². The molecule has 0 aliphatic carbocycles. The molecule has 2 N–H and O–H groups in total. The molecule has 0 bridgehead atoms. The highest BCUT2D eigenvalue weighted by Gasteiger charge is 2.01. The van der Waals surface area contributed by atoms with Crippen molar-refractivity contribution in [2.45, 2.75) is 6.54 Å². The Labute approximate surface area is 110 Å². The zero-order valence-corrected chi connectivity index (χ0v) is 10.8. The number of aromatic nitrogens is 3.